The number of nitrogens with one attached hydrogen (secondary N) is 1. The Morgan fingerprint density at radius 3 is 2.41 bits per heavy atom. The summed E-state index contributed by atoms with van der Waals surface area (Å²) < 4.78 is 6.31. The summed E-state index contributed by atoms with van der Waals surface area (Å²) in [5, 5.41) is 9.40. The highest BCUT2D eigenvalue weighted by Gasteiger charge is 2.72. The van der Waals surface area contributed by atoms with E-state index in [1.165, 1.54) is 12.0 Å². The molecule has 9 heteroatoms. The largest absolute Gasteiger partial charge is 0.481 e. The number of rotatable bonds is 9. The topological polar surface area (TPSA) is 125 Å². The number of imidazole rings is 1. The van der Waals surface area contributed by atoms with Crippen molar-refractivity contribution in [3.05, 3.63) is 48.7 Å². The summed E-state index contributed by atoms with van der Waals surface area (Å²) in [6, 6.07) is 3.95. The molecule has 6 fully saturated rings. The Morgan fingerprint density at radius 2 is 1.71 bits per heavy atom. The average molecular weight is 795 g/mol. The molecule has 2 aromatic rings. The maximum Gasteiger partial charge on any atom is 0.306 e. The number of carbonyl (C=O) groups excluding carboxylic acids is 2. The summed E-state index contributed by atoms with van der Waals surface area (Å²) in [4.78, 5) is 55.3. The Balaban J connectivity index is 1.05. The Morgan fingerprint density at radius 1 is 0.931 bits per heavy atom. The summed E-state index contributed by atoms with van der Waals surface area (Å²) in [5.74, 6) is 2.17. The van der Waals surface area contributed by atoms with Gasteiger partial charge in [0, 0.05) is 29.9 Å². The average Bonchev–Trinajstić information content (AvgIpc) is 3.92. The SMILES string of the molecule is C=C(C)[C@@H]1CC[C@]2(C(=O)N3CCC[C@H]3c3ncc(-c4cccnc4)[nH]3)CC[C@]3(C)[C@H](CC[C@@H]4[C@@]5(C)CC[C@H](OC(=O)CC(C)(C)CC(=O)O)C(C)(C)[C@@H]5CC[C@]43C)[C@@H]12. The van der Waals surface area contributed by atoms with E-state index in [2.05, 4.69) is 63.0 Å². The number of esters is 1. The van der Waals surface area contributed by atoms with Gasteiger partial charge in [-0.25, -0.2) is 4.98 Å². The van der Waals surface area contributed by atoms with E-state index in [0.29, 0.717) is 35.5 Å². The van der Waals surface area contributed by atoms with Crippen LogP contribution in [0, 0.1) is 62.1 Å². The number of hydrogen-bond acceptors (Lipinski definition) is 6. The van der Waals surface area contributed by atoms with Crippen LogP contribution in [0.25, 0.3) is 11.3 Å². The molecule has 316 valence electrons. The van der Waals surface area contributed by atoms with Crippen LogP contribution in [0.3, 0.4) is 0 Å². The quantitative estimate of drug-likeness (QED) is 0.191. The summed E-state index contributed by atoms with van der Waals surface area (Å²) in [6.45, 7) is 23.8. The molecule has 1 saturated heterocycles. The number of carbonyl (C=O) groups is 3. The van der Waals surface area contributed by atoms with Crippen LogP contribution in [0.15, 0.2) is 42.9 Å². The fraction of sp³-hybridized carbons (Fsp3) is 0.735. The lowest BCUT2D eigenvalue weighted by Crippen LogP contribution is -2.67. The second-order valence-electron chi connectivity index (χ2n) is 22.2. The zero-order chi connectivity index (χ0) is 41.6. The monoisotopic (exact) mass is 795 g/mol. The number of carboxylic acid groups (broad SMARTS) is 1. The lowest BCUT2D eigenvalue weighted by Gasteiger charge is -2.73. The van der Waals surface area contributed by atoms with Crippen LogP contribution in [0.2, 0.25) is 0 Å². The minimum atomic E-state index is -0.889. The summed E-state index contributed by atoms with van der Waals surface area (Å²) >= 11 is 0. The number of nitrogens with zero attached hydrogens (tertiary/aromatic N) is 3. The fourth-order valence-electron chi connectivity index (χ4n) is 15.5. The minimum absolute atomic E-state index is 0.0393. The van der Waals surface area contributed by atoms with E-state index >= 15 is 4.79 Å². The van der Waals surface area contributed by atoms with Crippen molar-refractivity contribution in [3.63, 3.8) is 0 Å². The first-order valence-corrected chi connectivity index (χ1v) is 22.6. The molecular formula is C49H70N4O5. The van der Waals surface area contributed by atoms with Gasteiger partial charge < -0.3 is 19.7 Å². The molecule has 3 heterocycles. The van der Waals surface area contributed by atoms with E-state index in [9.17, 15) is 14.7 Å². The van der Waals surface area contributed by atoms with E-state index < -0.39 is 11.4 Å². The molecule has 0 radical (unpaired) electrons. The van der Waals surface area contributed by atoms with Crippen LogP contribution in [-0.4, -0.2) is 55.5 Å². The summed E-state index contributed by atoms with van der Waals surface area (Å²) in [7, 11) is 0. The molecule has 8 rings (SSSR count). The maximum atomic E-state index is 15.5. The molecule has 2 N–H and O–H groups in total. The highest BCUT2D eigenvalue weighted by atomic mass is 16.5. The third kappa shape index (κ3) is 6.32. The van der Waals surface area contributed by atoms with Gasteiger partial charge in [-0.2, -0.15) is 0 Å². The number of aromatic nitrogens is 3. The predicted molar refractivity (Wildman–Crippen MR) is 225 cm³/mol. The molecule has 11 atom stereocenters. The molecule has 5 saturated carbocycles. The van der Waals surface area contributed by atoms with E-state index in [-0.39, 0.29) is 58.0 Å². The molecule has 5 aliphatic carbocycles. The third-order valence-corrected chi connectivity index (χ3v) is 18.4. The number of hydrogen-bond donors (Lipinski definition) is 2. The van der Waals surface area contributed by atoms with Gasteiger partial charge in [0.15, 0.2) is 0 Å². The zero-order valence-corrected chi connectivity index (χ0v) is 36.7. The number of H-pyrrole nitrogens is 1. The fourth-order valence-corrected chi connectivity index (χ4v) is 15.5. The normalized spacial score (nSPS) is 39.2. The van der Waals surface area contributed by atoms with Crippen molar-refractivity contribution in [1.29, 1.82) is 0 Å². The molecule has 9 nitrogen and oxygen atoms in total. The predicted octanol–water partition coefficient (Wildman–Crippen LogP) is 10.6. The van der Waals surface area contributed by atoms with Crippen molar-refractivity contribution in [2.45, 2.75) is 157 Å². The Hall–Kier alpha value is -3.49. The number of fused-ring (bicyclic) bond motifs is 7. The molecule has 0 bridgehead atoms. The van der Waals surface area contributed by atoms with Gasteiger partial charge in [0.05, 0.1) is 36.2 Å². The van der Waals surface area contributed by atoms with Crippen LogP contribution >= 0.6 is 0 Å². The van der Waals surface area contributed by atoms with Crippen LogP contribution in [0.1, 0.15) is 157 Å². The third-order valence-electron chi connectivity index (χ3n) is 18.4. The number of aromatic amines is 1. The molecule has 0 spiro atoms. The van der Waals surface area contributed by atoms with Crippen molar-refractivity contribution >= 4 is 17.8 Å². The summed E-state index contributed by atoms with van der Waals surface area (Å²) in [5.41, 5.74) is 2.33. The van der Waals surface area contributed by atoms with Crippen molar-refractivity contribution < 1.29 is 24.2 Å². The second-order valence-corrected chi connectivity index (χ2v) is 22.2. The highest BCUT2D eigenvalue weighted by Crippen LogP contribution is 2.78. The smallest absolute Gasteiger partial charge is 0.306 e. The standard InChI is InChI=1S/C49H70N4O5/c1-30(2)32-16-21-49(43(57)53-25-11-13-35(53)42-51-29-34(52-42)31-12-10-24-50-28-31)23-22-47(8)33(41(32)49)14-15-37-46(7)19-18-38(45(5,6)36(46)17-20-48(37,47)9)58-40(56)27-44(3,4)26-39(54)55/h10,12,24,28-29,32-33,35-38,41H,1,11,13-23,25-27H2,2-9H3,(H,51,52)(H,54,55)/t32-,33+,35-,36-,37+,38-,41+,46-,47+,48+,49-/m0/s1. The first-order valence-electron chi connectivity index (χ1n) is 22.6. The number of likely N-dealkylation sites (tertiary alicyclic amines) is 1. The van der Waals surface area contributed by atoms with Gasteiger partial charge in [-0.1, -0.05) is 60.6 Å². The molecular weight excluding hydrogens is 725 g/mol. The number of ether oxygens (including phenoxy) is 1. The molecule has 58 heavy (non-hydrogen) atoms. The summed E-state index contributed by atoms with van der Waals surface area (Å²) in [6.07, 6.45) is 17.8. The van der Waals surface area contributed by atoms with Crippen LogP contribution < -0.4 is 0 Å². The van der Waals surface area contributed by atoms with Gasteiger partial charge >= 0.3 is 11.9 Å². The first-order chi connectivity index (χ1) is 27.3. The van der Waals surface area contributed by atoms with Crippen molar-refractivity contribution in [2.75, 3.05) is 6.54 Å². The van der Waals surface area contributed by atoms with Gasteiger partial charge in [0.1, 0.15) is 11.9 Å². The molecule has 0 unspecified atom stereocenters. The molecule has 1 amide bonds. The van der Waals surface area contributed by atoms with Crippen LogP contribution in [-0.2, 0) is 19.1 Å². The van der Waals surface area contributed by atoms with E-state index in [1.807, 2.05) is 38.4 Å². The number of carboxylic acids is 1. The van der Waals surface area contributed by atoms with Gasteiger partial charge in [-0.3, -0.25) is 19.4 Å². The van der Waals surface area contributed by atoms with Gasteiger partial charge in [-0.15, -0.1) is 0 Å². The zero-order valence-electron chi connectivity index (χ0n) is 36.7. The lowest BCUT2D eigenvalue weighted by atomic mass is 9.32. The number of aliphatic carboxylic acids is 1. The lowest BCUT2D eigenvalue weighted by molar-refractivity contribution is -0.250. The molecule has 2 aromatic heterocycles. The number of pyridine rings is 1. The number of amides is 1. The Bertz CT molecular complexity index is 1940. The van der Waals surface area contributed by atoms with Crippen molar-refractivity contribution in [2.24, 2.45) is 62.1 Å². The Labute approximate surface area is 347 Å². The van der Waals surface area contributed by atoms with Crippen molar-refractivity contribution in [1.82, 2.24) is 19.9 Å². The minimum Gasteiger partial charge on any atom is -0.481 e. The Kier molecular flexibility index (Phi) is 10.2. The van der Waals surface area contributed by atoms with Crippen LogP contribution in [0.4, 0.5) is 0 Å². The van der Waals surface area contributed by atoms with Gasteiger partial charge in [-0.05, 0) is 147 Å². The van der Waals surface area contributed by atoms with E-state index in [4.69, 9.17) is 9.72 Å². The van der Waals surface area contributed by atoms with E-state index in [0.717, 1.165) is 94.3 Å². The first kappa shape index (κ1) is 41.3. The van der Waals surface area contributed by atoms with Gasteiger partial charge in [0.25, 0.3) is 0 Å². The molecule has 0 aromatic carbocycles. The second kappa shape index (κ2) is 14.3. The van der Waals surface area contributed by atoms with Crippen LogP contribution in [0.5, 0.6) is 0 Å². The van der Waals surface area contributed by atoms with E-state index in [1.54, 1.807) is 6.20 Å². The molecule has 6 aliphatic rings. The number of allylic oxidation sites excluding steroid dienone is 1. The van der Waals surface area contributed by atoms with Crippen molar-refractivity contribution in [3.8, 4) is 11.3 Å². The maximum absolute atomic E-state index is 15.5. The highest BCUT2D eigenvalue weighted by molar-refractivity contribution is 5.84. The molecule has 1 aliphatic heterocycles. The van der Waals surface area contributed by atoms with Gasteiger partial charge in [0.2, 0.25) is 5.91 Å².